The molecule has 0 amide bonds. The Kier molecular flexibility index (Phi) is 13.7. The summed E-state index contributed by atoms with van der Waals surface area (Å²) in [5.41, 5.74) is -9.79. The molecule has 43 heavy (non-hydrogen) atoms. The Labute approximate surface area is 234 Å². The first-order chi connectivity index (χ1) is 19.0. The lowest BCUT2D eigenvalue weighted by atomic mass is 9.79. The molecule has 2 unspecified atom stereocenters. The summed E-state index contributed by atoms with van der Waals surface area (Å²) < 4.78 is 244. The van der Waals surface area contributed by atoms with Crippen LogP contribution in [-0.2, 0) is 4.74 Å². The predicted molar refractivity (Wildman–Crippen MR) is 116 cm³/mol. The fourth-order valence-corrected chi connectivity index (χ4v) is 4.24. The van der Waals surface area contributed by atoms with Crippen molar-refractivity contribution in [2.75, 3.05) is 0 Å². The van der Waals surface area contributed by atoms with Gasteiger partial charge in [0.15, 0.2) is 10.8 Å². The third kappa shape index (κ3) is 10.6. The van der Waals surface area contributed by atoms with Crippen LogP contribution < -0.4 is 0 Å². The summed E-state index contributed by atoms with van der Waals surface area (Å²) in [5.74, 6) is -4.51. The van der Waals surface area contributed by atoms with Gasteiger partial charge in [-0.05, 0) is 50.7 Å². The van der Waals surface area contributed by atoms with Crippen LogP contribution in [-0.4, -0.2) is 37.1 Å². The van der Waals surface area contributed by atoms with Gasteiger partial charge in [-0.2, -0.15) is 79.0 Å². The molecule has 0 saturated carbocycles. The highest BCUT2D eigenvalue weighted by Gasteiger charge is 2.70. The van der Waals surface area contributed by atoms with Crippen molar-refractivity contribution in [3.8, 4) is 0 Å². The Balaban J connectivity index is 6.27. The summed E-state index contributed by atoms with van der Waals surface area (Å²) in [6, 6.07) is 0. The van der Waals surface area contributed by atoms with E-state index in [1.165, 1.54) is 0 Å². The maximum atomic E-state index is 13.6. The van der Waals surface area contributed by atoms with Crippen LogP contribution >= 0.6 is 0 Å². The normalized spacial score (nSPS) is 16.7. The Morgan fingerprint density at radius 3 is 0.907 bits per heavy atom. The Bertz CT molecular complexity index is 783. The van der Waals surface area contributed by atoms with E-state index < -0.39 is 136 Å². The molecule has 0 N–H and O–H groups in total. The largest absolute Gasteiger partial charge is 0.473 e. The molecule has 0 saturated heterocycles. The first-order valence-corrected chi connectivity index (χ1v) is 12.4. The Morgan fingerprint density at radius 1 is 0.465 bits per heavy atom. The zero-order chi connectivity index (χ0) is 34.3. The van der Waals surface area contributed by atoms with E-state index in [2.05, 4.69) is 4.74 Å². The molecule has 2 atom stereocenters. The van der Waals surface area contributed by atoms with E-state index in [1.54, 1.807) is 0 Å². The smallest absolute Gasteiger partial charge is 0.406 e. The third-order valence-electron chi connectivity index (χ3n) is 7.04. The van der Waals surface area contributed by atoms with Crippen molar-refractivity contribution in [1.82, 2.24) is 0 Å². The van der Waals surface area contributed by atoms with E-state index in [0.717, 1.165) is 13.8 Å². The summed E-state index contributed by atoms with van der Waals surface area (Å²) in [5, 5.41) is 0. The molecule has 0 spiro atoms. The fraction of sp³-hybridized carbons (Fsp3) is 0.833. The SMILES string of the molecule is CCC(CCCC(C=COC=CC(CCCC(CC)C(F)(F)F)(C(F)(F)F)C(F)(F)F)(C(F)(F)F)C(F)(F)F)C(F)(F)F. The molecule has 0 aliphatic heterocycles. The molecule has 0 radical (unpaired) electrons. The molecule has 0 aromatic rings. The van der Waals surface area contributed by atoms with Gasteiger partial charge in [0.25, 0.3) is 0 Å². The van der Waals surface area contributed by atoms with Crippen molar-refractivity contribution in [1.29, 1.82) is 0 Å². The highest BCUT2D eigenvalue weighted by molar-refractivity contribution is 5.10. The summed E-state index contributed by atoms with van der Waals surface area (Å²) in [6.07, 6.45) is -47.8. The first-order valence-electron chi connectivity index (χ1n) is 12.4. The van der Waals surface area contributed by atoms with Crippen LogP contribution in [0.25, 0.3) is 0 Å². The third-order valence-corrected chi connectivity index (χ3v) is 7.04. The number of ether oxygens (including phenoxy) is 1. The van der Waals surface area contributed by atoms with Crippen LogP contribution in [0.15, 0.2) is 24.7 Å². The molecule has 0 aliphatic rings. The first kappa shape index (κ1) is 41.0. The lowest BCUT2D eigenvalue weighted by Gasteiger charge is -2.35. The van der Waals surface area contributed by atoms with Gasteiger partial charge in [0.2, 0.25) is 0 Å². The molecule has 0 rings (SSSR count). The zero-order valence-corrected chi connectivity index (χ0v) is 22.3. The van der Waals surface area contributed by atoms with Crippen molar-refractivity contribution in [3.63, 3.8) is 0 Å². The van der Waals surface area contributed by atoms with Crippen LogP contribution in [0.3, 0.4) is 0 Å². The van der Waals surface area contributed by atoms with Gasteiger partial charge >= 0.3 is 37.1 Å². The van der Waals surface area contributed by atoms with Crippen LogP contribution in [0, 0.1) is 22.7 Å². The summed E-state index contributed by atoms with van der Waals surface area (Å²) in [4.78, 5) is 0. The standard InChI is InChI=1S/C24H28F18O/c1-3-15(19(25,26)27)7-5-9-17(21(31,32)33,22(34,35)36)11-13-43-14-12-18(23(37,38)39,24(40,41)42)10-6-8-16(4-2)20(28,29)30/h11-16H,3-10H2,1-2H3. The lowest BCUT2D eigenvalue weighted by Crippen LogP contribution is -2.49. The summed E-state index contributed by atoms with van der Waals surface area (Å²) in [7, 11) is 0. The van der Waals surface area contributed by atoms with Crippen LogP contribution in [0.2, 0.25) is 0 Å². The number of allylic oxidation sites excluding steroid dienone is 2. The van der Waals surface area contributed by atoms with Crippen molar-refractivity contribution < 1.29 is 83.8 Å². The van der Waals surface area contributed by atoms with E-state index in [1.807, 2.05) is 0 Å². The van der Waals surface area contributed by atoms with Crippen molar-refractivity contribution in [2.24, 2.45) is 22.7 Å². The topological polar surface area (TPSA) is 9.23 Å². The van der Waals surface area contributed by atoms with E-state index in [4.69, 9.17) is 0 Å². The van der Waals surface area contributed by atoms with Crippen molar-refractivity contribution in [2.45, 2.75) is 102 Å². The molecule has 0 fully saturated rings. The maximum absolute atomic E-state index is 13.6. The van der Waals surface area contributed by atoms with Gasteiger partial charge in [0, 0.05) is 0 Å². The highest BCUT2D eigenvalue weighted by atomic mass is 19.4. The fourth-order valence-electron chi connectivity index (χ4n) is 4.24. The maximum Gasteiger partial charge on any atom is 0.406 e. The summed E-state index contributed by atoms with van der Waals surface area (Å²) in [6.45, 7) is 1.97. The van der Waals surface area contributed by atoms with Crippen molar-refractivity contribution >= 4 is 0 Å². The number of rotatable bonds is 14. The second-order valence-corrected chi connectivity index (χ2v) is 9.75. The molecule has 1 nitrogen and oxygen atoms in total. The number of hydrogen-bond acceptors (Lipinski definition) is 1. The molecule has 0 aliphatic carbocycles. The van der Waals surface area contributed by atoms with Gasteiger partial charge in [-0.25, -0.2) is 0 Å². The number of alkyl halides is 18. The zero-order valence-electron chi connectivity index (χ0n) is 22.3. The number of halogens is 18. The lowest BCUT2D eigenvalue weighted by molar-refractivity contribution is -0.325. The van der Waals surface area contributed by atoms with Crippen LogP contribution in [0.1, 0.15) is 65.2 Å². The van der Waals surface area contributed by atoms with Gasteiger partial charge in [-0.1, -0.05) is 26.7 Å². The minimum Gasteiger partial charge on any atom is -0.473 e. The minimum atomic E-state index is -6.25. The average Bonchev–Trinajstić information content (AvgIpc) is 2.76. The molecule has 256 valence electrons. The van der Waals surface area contributed by atoms with Crippen molar-refractivity contribution in [3.05, 3.63) is 24.7 Å². The molecule has 0 aromatic carbocycles. The minimum absolute atomic E-state index is 0.521. The van der Waals surface area contributed by atoms with Gasteiger partial charge in [-0.3, -0.25) is 0 Å². The number of hydrogen-bond donors (Lipinski definition) is 0. The van der Waals surface area contributed by atoms with E-state index in [9.17, 15) is 79.0 Å². The molecular formula is C24H28F18O. The van der Waals surface area contributed by atoms with Crippen LogP contribution in [0.5, 0.6) is 0 Å². The average molecular weight is 674 g/mol. The van der Waals surface area contributed by atoms with E-state index >= 15 is 0 Å². The highest BCUT2D eigenvalue weighted by Crippen LogP contribution is 2.56. The quantitative estimate of drug-likeness (QED) is 0.132. The summed E-state index contributed by atoms with van der Waals surface area (Å²) >= 11 is 0. The second kappa shape index (κ2) is 14.4. The van der Waals surface area contributed by atoms with E-state index in [0.29, 0.717) is 0 Å². The molecule has 0 bridgehead atoms. The van der Waals surface area contributed by atoms with Crippen LogP contribution in [0.4, 0.5) is 79.0 Å². The molecular weight excluding hydrogens is 646 g/mol. The monoisotopic (exact) mass is 674 g/mol. The van der Waals surface area contributed by atoms with Gasteiger partial charge in [0.05, 0.1) is 24.4 Å². The molecule has 0 aromatic heterocycles. The van der Waals surface area contributed by atoms with E-state index in [-0.39, 0.29) is 0 Å². The molecule has 0 heterocycles. The van der Waals surface area contributed by atoms with Gasteiger partial charge in [0.1, 0.15) is 0 Å². The second-order valence-electron chi connectivity index (χ2n) is 9.75. The predicted octanol–water partition coefficient (Wildman–Crippen LogP) is 11.8. The van der Waals surface area contributed by atoms with Gasteiger partial charge < -0.3 is 4.74 Å². The van der Waals surface area contributed by atoms with Gasteiger partial charge in [-0.15, -0.1) is 0 Å². The Hall–Kier alpha value is -1.98. The molecule has 19 heteroatoms. The Morgan fingerprint density at radius 2 is 0.721 bits per heavy atom.